The summed E-state index contributed by atoms with van der Waals surface area (Å²) < 4.78 is 4.77. The van der Waals surface area contributed by atoms with Crippen molar-refractivity contribution in [3.8, 4) is 0 Å². The van der Waals surface area contributed by atoms with E-state index in [0.29, 0.717) is 0 Å². The van der Waals surface area contributed by atoms with Gasteiger partial charge in [0.2, 0.25) is 0 Å². The summed E-state index contributed by atoms with van der Waals surface area (Å²) in [7, 11) is 0. The van der Waals surface area contributed by atoms with Crippen molar-refractivity contribution in [3.63, 3.8) is 0 Å². The molecule has 0 aromatic rings. The maximum atomic E-state index is 4.77. The van der Waals surface area contributed by atoms with E-state index in [1.54, 1.807) is 12.5 Å². The second kappa shape index (κ2) is 15.7. The molecule has 0 fully saturated rings. The van der Waals surface area contributed by atoms with Crippen LogP contribution in [-0.2, 0) is 4.74 Å². The number of ether oxygens (including phenoxy) is 1. The average molecular weight is 126 g/mol. The summed E-state index contributed by atoms with van der Waals surface area (Å²) in [5, 5.41) is 0. The standard InChI is InChI=1S/C6H10O.C2H4/c1-3-5-7-6-4-2;1-2/h3-6H,1-2H3;1-2H2/b5-3-,6-4-;. The fourth-order valence-electron chi connectivity index (χ4n) is 0.202. The van der Waals surface area contributed by atoms with Crippen LogP contribution in [0.25, 0.3) is 0 Å². The van der Waals surface area contributed by atoms with E-state index in [-0.39, 0.29) is 0 Å². The first-order valence-corrected chi connectivity index (χ1v) is 2.79. The fourth-order valence-corrected chi connectivity index (χ4v) is 0.202. The maximum absolute atomic E-state index is 4.77. The molecule has 0 aliphatic carbocycles. The topological polar surface area (TPSA) is 9.23 Å². The average Bonchev–Trinajstić information content (AvgIpc) is 1.94. The quantitative estimate of drug-likeness (QED) is 0.408. The third kappa shape index (κ3) is 19.4. The molecule has 0 N–H and O–H groups in total. The zero-order valence-corrected chi connectivity index (χ0v) is 6.13. The van der Waals surface area contributed by atoms with Gasteiger partial charge in [-0.1, -0.05) is 12.2 Å². The molecule has 1 heteroatoms. The van der Waals surface area contributed by atoms with Crippen LogP contribution in [0.15, 0.2) is 37.8 Å². The van der Waals surface area contributed by atoms with Crippen molar-refractivity contribution in [1.82, 2.24) is 0 Å². The molecule has 0 radical (unpaired) electrons. The van der Waals surface area contributed by atoms with Crippen molar-refractivity contribution in [3.05, 3.63) is 37.8 Å². The molecule has 0 rings (SSSR count). The van der Waals surface area contributed by atoms with Crippen LogP contribution >= 0.6 is 0 Å². The van der Waals surface area contributed by atoms with E-state index < -0.39 is 0 Å². The maximum Gasteiger partial charge on any atom is 0.0858 e. The Morgan fingerprint density at radius 2 is 1.33 bits per heavy atom. The van der Waals surface area contributed by atoms with Gasteiger partial charge in [-0.25, -0.2) is 0 Å². The van der Waals surface area contributed by atoms with Gasteiger partial charge in [-0.3, -0.25) is 0 Å². The van der Waals surface area contributed by atoms with E-state index in [2.05, 4.69) is 13.2 Å². The summed E-state index contributed by atoms with van der Waals surface area (Å²) in [6, 6.07) is 0. The molecule has 0 heterocycles. The van der Waals surface area contributed by atoms with Crippen molar-refractivity contribution in [1.29, 1.82) is 0 Å². The first kappa shape index (κ1) is 10.9. The Morgan fingerprint density at radius 3 is 1.56 bits per heavy atom. The zero-order chi connectivity index (χ0) is 7.54. The Bertz CT molecular complexity index is 72.6. The molecule has 0 saturated carbocycles. The molecule has 0 unspecified atom stereocenters. The minimum atomic E-state index is 1.62. The first-order chi connectivity index (χ1) is 4.41. The fraction of sp³-hybridized carbons (Fsp3) is 0.250. The van der Waals surface area contributed by atoms with Gasteiger partial charge in [0.15, 0.2) is 0 Å². The van der Waals surface area contributed by atoms with E-state index in [1.807, 2.05) is 26.0 Å². The van der Waals surface area contributed by atoms with Crippen molar-refractivity contribution >= 4 is 0 Å². The molecule has 0 amide bonds. The molecule has 0 aromatic heterocycles. The Morgan fingerprint density at radius 1 is 1.00 bits per heavy atom. The van der Waals surface area contributed by atoms with Gasteiger partial charge in [-0.05, 0) is 13.8 Å². The molecule has 1 nitrogen and oxygen atoms in total. The lowest BCUT2D eigenvalue weighted by Crippen LogP contribution is -1.59. The molecule has 0 spiro atoms. The molecule has 0 aliphatic heterocycles. The van der Waals surface area contributed by atoms with Gasteiger partial charge in [-0.15, -0.1) is 13.2 Å². The van der Waals surface area contributed by atoms with E-state index in [1.165, 1.54) is 0 Å². The van der Waals surface area contributed by atoms with Crippen LogP contribution in [0.5, 0.6) is 0 Å². The lowest BCUT2D eigenvalue weighted by atomic mass is 10.7. The Hall–Kier alpha value is -0.980. The van der Waals surface area contributed by atoms with Gasteiger partial charge < -0.3 is 4.74 Å². The van der Waals surface area contributed by atoms with Crippen molar-refractivity contribution in [2.45, 2.75) is 13.8 Å². The summed E-state index contributed by atoms with van der Waals surface area (Å²) in [6.07, 6.45) is 6.92. The Balaban J connectivity index is 0. The number of rotatable bonds is 2. The van der Waals surface area contributed by atoms with Crippen molar-refractivity contribution in [2.75, 3.05) is 0 Å². The molecule has 0 aliphatic rings. The molecule has 0 bridgehead atoms. The lowest BCUT2D eigenvalue weighted by Gasteiger charge is -1.82. The predicted molar refractivity (Wildman–Crippen MR) is 42.0 cm³/mol. The number of allylic oxidation sites excluding steroid dienone is 2. The van der Waals surface area contributed by atoms with E-state index in [9.17, 15) is 0 Å². The number of hydrogen-bond donors (Lipinski definition) is 0. The van der Waals surface area contributed by atoms with Gasteiger partial charge >= 0.3 is 0 Å². The van der Waals surface area contributed by atoms with Gasteiger partial charge in [0.05, 0.1) is 12.5 Å². The highest BCUT2D eigenvalue weighted by atomic mass is 16.5. The molecular weight excluding hydrogens is 112 g/mol. The van der Waals surface area contributed by atoms with Crippen LogP contribution in [0, 0.1) is 0 Å². The highest BCUT2D eigenvalue weighted by Crippen LogP contribution is 1.76. The van der Waals surface area contributed by atoms with Crippen LogP contribution < -0.4 is 0 Å². The van der Waals surface area contributed by atoms with Crippen LogP contribution in [0.4, 0.5) is 0 Å². The second-order valence-electron chi connectivity index (χ2n) is 1.07. The molecule has 0 saturated heterocycles. The summed E-state index contributed by atoms with van der Waals surface area (Å²) >= 11 is 0. The van der Waals surface area contributed by atoms with Gasteiger partial charge in [-0.2, -0.15) is 0 Å². The van der Waals surface area contributed by atoms with Crippen molar-refractivity contribution in [2.24, 2.45) is 0 Å². The van der Waals surface area contributed by atoms with Crippen LogP contribution in [-0.4, -0.2) is 0 Å². The minimum absolute atomic E-state index is 1.62. The highest BCUT2D eigenvalue weighted by molar-refractivity contribution is 4.73. The molecule has 9 heavy (non-hydrogen) atoms. The minimum Gasteiger partial charge on any atom is -0.473 e. The first-order valence-electron chi connectivity index (χ1n) is 2.79. The zero-order valence-electron chi connectivity index (χ0n) is 6.13. The number of hydrogen-bond acceptors (Lipinski definition) is 1. The lowest BCUT2D eigenvalue weighted by molar-refractivity contribution is 0.401. The monoisotopic (exact) mass is 126 g/mol. The normalized spacial score (nSPS) is 9.11. The highest BCUT2D eigenvalue weighted by Gasteiger charge is 1.57. The third-order valence-corrected chi connectivity index (χ3v) is 0.429. The summed E-state index contributed by atoms with van der Waals surface area (Å²) in [5.41, 5.74) is 0. The predicted octanol–water partition coefficient (Wildman–Crippen LogP) is 2.87. The van der Waals surface area contributed by atoms with E-state index in [0.717, 1.165) is 0 Å². The van der Waals surface area contributed by atoms with Crippen LogP contribution in [0.3, 0.4) is 0 Å². The summed E-state index contributed by atoms with van der Waals surface area (Å²) in [5.74, 6) is 0. The second-order valence-corrected chi connectivity index (χ2v) is 1.07. The van der Waals surface area contributed by atoms with Gasteiger partial charge in [0.1, 0.15) is 0 Å². The Kier molecular flexibility index (Phi) is 19.1. The molecule has 52 valence electrons. The van der Waals surface area contributed by atoms with Crippen LogP contribution in [0.1, 0.15) is 13.8 Å². The SMILES string of the molecule is C/C=C\O/C=C\C.C=C. The third-order valence-electron chi connectivity index (χ3n) is 0.429. The van der Waals surface area contributed by atoms with Gasteiger partial charge in [0.25, 0.3) is 0 Å². The van der Waals surface area contributed by atoms with Gasteiger partial charge in [0, 0.05) is 0 Å². The summed E-state index contributed by atoms with van der Waals surface area (Å²) in [6.45, 7) is 9.81. The van der Waals surface area contributed by atoms with E-state index in [4.69, 9.17) is 4.74 Å². The molecule has 0 atom stereocenters. The molecule has 0 aromatic carbocycles. The van der Waals surface area contributed by atoms with E-state index >= 15 is 0 Å². The van der Waals surface area contributed by atoms with Crippen LogP contribution in [0.2, 0.25) is 0 Å². The smallest absolute Gasteiger partial charge is 0.0858 e. The molecular formula is C8H14O. The largest absolute Gasteiger partial charge is 0.473 e. The van der Waals surface area contributed by atoms with Crippen molar-refractivity contribution < 1.29 is 4.74 Å². The Labute approximate surface area is 57.3 Å². The summed E-state index contributed by atoms with van der Waals surface area (Å²) in [4.78, 5) is 0.